The number of rotatable bonds is 3. The summed E-state index contributed by atoms with van der Waals surface area (Å²) in [6.07, 6.45) is 5.09. The number of nitrogens with one attached hydrogen (secondary N) is 1. The van der Waals surface area contributed by atoms with E-state index >= 15 is 0 Å². The van der Waals surface area contributed by atoms with Crippen LogP contribution in [0.3, 0.4) is 0 Å². The summed E-state index contributed by atoms with van der Waals surface area (Å²) < 4.78 is 5.48. The number of aromatic amines is 1. The number of hydrogen-bond acceptors (Lipinski definition) is 3. The minimum absolute atomic E-state index is 0.0263. The maximum Gasteiger partial charge on any atom is 0.108 e. The van der Waals surface area contributed by atoms with Crippen molar-refractivity contribution in [3.8, 4) is 0 Å². The van der Waals surface area contributed by atoms with Gasteiger partial charge in [0.25, 0.3) is 0 Å². The van der Waals surface area contributed by atoms with Crippen molar-refractivity contribution in [3.63, 3.8) is 0 Å². The first-order valence-electron chi connectivity index (χ1n) is 4.63. The molecule has 1 atom stereocenters. The summed E-state index contributed by atoms with van der Waals surface area (Å²) >= 11 is 0. The van der Waals surface area contributed by atoms with E-state index in [4.69, 9.17) is 9.84 Å². The van der Waals surface area contributed by atoms with Gasteiger partial charge in [-0.2, -0.15) is 0 Å². The Balaban J connectivity index is 1.92. The molecule has 0 radical (unpaired) electrons. The van der Waals surface area contributed by atoms with Gasteiger partial charge in [-0.3, -0.25) is 0 Å². The first kappa shape index (κ1) is 8.72. The summed E-state index contributed by atoms with van der Waals surface area (Å²) in [7, 11) is 0. The van der Waals surface area contributed by atoms with Crippen molar-refractivity contribution < 1.29 is 9.84 Å². The van der Waals surface area contributed by atoms with Crippen molar-refractivity contribution in [3.05, 3.63) is 17.7 Å². The molecule has 1 aromatic heterocycles. The zero-order valence-corrected chi connectivity index (χ0v) is 7.49. The molecular formula is C9H14N2O2. The van der Waals surface area contributed by atoms with Gasteiger partial charge in [-0.1, -0.05) is 0 Å². The first-order chi connectivity index (χ1) is 6.38. The van der Waals surface area contributed by atoms with E-state index in [1.165, 1.54) is 0 Å². The van der Waals surface area contributed by atoms with Crippen molar-refractivity contribution in [1.29, 1.82) is 0 Å². The summed E-state index contributed by atoms with van der Waals surface area (Å²) in [4.78, 5) is 7.20. The maximum absolute atomic E-state index is 8.81. The molecule has 0 bridgehead atoms. The van der Waals surface area contributed by atoms with Crippen LogP contribution >= 0.6 is 0 Å². The van der Waals surface area contributed by atoms with E-state index < -0.39 is 0 Å². The minimum atomic E-state index is 0.0263. The van der Waals surface area contributed by atoms with Crippen LogP contribution in [0.5, 0.6) is 0 Å². The zero-order valence-electron chi connectivity index (χ0n) is 7.49. The highest BCUT2D eigenvalue weighted by Gasteiger charge is 2.17. The van der Waals surface area contributed by atoms with Crippen LogP contribution in [0.4, 0.5) is 0 Å². The molecule has 4 nitrogen and oxygen atoms in total. The fourth-order valence-corrected chi connectivity index (χ4v) is 1.61. The maximum atomic E-state index is 8.81. The molecule has 0 saturated carbocycles. The number of aliphatic hydroxyl groups is 1. The zero-order chi connectivity index (χ0) is 9.10. The molecule has 72 valence electrons. The fourth-order valence-electron chi connectivity index (χ4n) is 1.61. The van der Waals surface area contributed by atoms with Gasteiger partial charge in [-0.05, 0) is 12.8 Å². The summed E-state index contributed by atoms with van der Waals surface area (Å²) in [5, 5.41) is 8.81. The van der Waals surface area contributed by atoms with E-state index in [1.807, 2.05) is 0 Å². The lowest BCUT2D eigenvalue weighted by molar-refractivity contribution is 0.110. The van der Waals surface area contributed by atoms with E-state index in [0.717, 1.165) is 37.4 Å². The molecule has 4 heteroatoms. The van der Waals surface area contributed by atoms with Crippen LogP contribution in [-0.2, 0) is 17.8 Å². The van der Waals surface area contributed by atoms with Gasteiger partial charge in [-0.15, -0.1) is 0 Å². The SMILES string of the molecule is OCc1cnc(CC2CCCO2)[nH]1. The molecule has 2 rings (SSSR count). The van der Waals surface area contributed by atoms with Gasteiger partial charge >= 0.3 is 0 Å². The normalized spacial score (nSPS) is 22.4. The predicted molar refractivity (Wildman–Crippen MR) is 47.2 cm³/mol. The number of nitrogens with zero attached hydrogens (tertiary/aromatic N) is 1. The van der Waals surface area contributed by atoms with Crippen LogP contribution < -0.4 is 0 Å². The smallest absolute Gasteiger partial charge is 0.108 e. The third kappa shape index (κ3) is 2.08. The van der Waals surface area contributed by atoms with Crippen LogP contribution in [0.2, 0.25) is 0 Å². The molecule has 1 aliphatic rings. The molecule has 0 aromatic carbocycles. The van der Waals surface area contributed by atoms with Crippen molar-refractivity contribution in [1.82, 2.24) is 9.97 Å². The average Bonchev–Trinajstić information content (AvgIpc) is 2.76. The Morgan fingerprint density at radius 3 is 3.23 bits per heavy atom. The summed E-state index contributed by atoms with van der Waals surface area (Å²) in [6.45, 7) is 0.900. The van der Waals surface area contributed by atoms with E-state index in [1.54, 1.807) is 6.20 Å². The molecule has 0 spiro atoms. The molecule has 2 heterocycles. The van der Waals surface area contributed by atoms with E-state index in [0.29, 0.717) is 6.10 Å². The van der Waals surface area contributed by atoms with E-state index in [2.05, 4.69) is 9.97 Å². The number of aliphatic hydroxyl groups excluding tert-OH is 1. The highest BCUT2D eigenvalue weighted by atomic mass is 16.5. The predicted octanol–water partition coefficient (Wildman–Crippen LogP) is 0.623. The molecule has 1 aliphatic heterocycles. The second kappa shape index (κ2) is 3.89. The Hall–Kier alpha value is -0.870. The summed E-state index contributed by atoms with van der Waals surface area (Å²) in [5.74, 6) is 0.913. The first-order valence-corrected chi connectivity index (χ1v) is 4.63. The Morgan fingerprint density at radius 1 is 1.69 bits per heavy atom. The van der Waals surface area contributed by atoms with Gasteiger partial charge in [0, 0.05) is 13.0 Å². The fraction of sp³-hybridized carbons (Fsp3) is 0.667. The van der Waals surface area contributed by atoms with Crippen molar-refractivity contribution in [2.45, 2.75) is 32.0 Å². The number of aromatic nitrogens is 2. The van der Waals surface area contributed by atoms with Gasteiger partial charge in [-0.25, -0.2) is 4.98 Å². The highest BCUT2D eigenvalue weighted by molar-refractivity contribution is 5.00. The third-order valence-corrected chi connectivity index (χ3v) is 2.30. The highest BCUT2D eigenvalue weighted by Crippen LogP contribution is 2.15. The Bertz CT molecular complexity index is 266. The van der Waals surface area contributed by atoms with Crippen molar-refractivity contribution >= 4 is 0 Å². The van der Waals surface area contributed by atoms with Crippen LogP contribution in [0, 0.1) is 0 Å². The lowest BCUT2D eigenvalue weighted by Crippen LogP contribution is -2.09. The summed E-state index contributed by atoms with van der Waals surface area (Å²) in [5.41, 5.74) is 0.771. The van der Waals surface area contributed by atoms with E-state index in [-0.39, 0.29) is 6.61 Å². The molecule has 1 fully saturated rings. The Kier molecular flexibility index (Phi) is 2.61. The van der Waals surface area contributed by atoms with Gasteiger partial charge in [0.05, 0.1) is 24.6 Å². The molecular weight excluding hydrogens is 168 g/mol. The van der Waals surface area contributed by atoms with Crippen LogP contribution in [0.15, 0.2) is 6.20 Å². The topological polar surface area (TPSA) is 58.1 Å². The van der Waals surface area contributed by atoms with Crippen molar-refractivity contribution in [2.75, 3.05) is 6.61 Å². The van der Waals surface area contributed by atoms with Gasteiger partial charge in [0.2, 0.25) is 0 Å². The number of imidazole rings is 1. The minimum Gasteiger partial charge on any atom is -0.390 e. The number of ether oxygens (including phenoxy) is 1. The average molecular weight is 182 g/mol. The molecule has 13 heavy (non-hydrogen) atoms. The monoisotopic (exact) mass is 182 g/mol. The lowest BCUT2D eigenvalue weighted by Gasteiger charge is -2.05. The molecule has 0 amide bonds. The quantitative estimate of drug-likeness (QED) is 0.720. The standard InChI is InChI=1S/C9H14N2O2/c12-6-7-5-10-9(11-7)4-8-2-1-3-13-8/h5,8,12H,1-4,6H2,(H,10,11). The number of hydrogen-bond donors (Lipinski definition) is 2. The van der Waals surface area contributed by atoms with Gasteiger partial charge < -0.3 is 14.8 Å². The van der Waals surface area contributed by atoms with Crippen LogP contribution in [-0.4, -0.2) is 27.8 Å². The second-order valence-electron chi connectivity index (χ2n) is 3.35. The van der Waals surface area contributed by atoms with Gasteiger partial charge in [0.1, 0.15) is 5.82 Å². The largest absolute Gasteiger partial charge is 0.390 e. The molecule has 1 saturated heterocycles. The molecule has 2 N–H and O–H groups in total. The molecule has 1 aromatic rings. The third-order valence-electron chi connectivity index (χ3n) is 2.30. The molecule has 1 unspecified atom stereocenters. The van der Waals surface area contributed by atoms with Gasteiger partial charge in [0.15, 0.2) is 0 Å². The van der Waals surface area contributed by atoms with Crippen LogP contribution in [0.1, 0.15) is 24.4 Å². The van der Waals surface area contributed by atoms with Crippen LogP contribution in [0.25, 0.3) is 0 Å². The lowest BCUT2D eigenvalue weighted by atomic mass is 10.2. The number of H-pyrrole nitrogens is 1. The Labute approximate surface area is 77.0 Å². The Morgan fingerprint density at radius 2 is 2.62 bits per heavy atom. The molecule has 0 aliphatic carbocycles. The van der Waals surface area contributed by atoms with Crippen molar-refractivity contribution in [2.24, 2.45) is 0 Å². The summed E-state index contributed by atoms with van der Waals surface area (Å²) in [6, 6.07) is 0. The van der Waals surface area contributed by atoms with E-state index in [9.17, 15) is 0 Å². The second-order valence-corrected chi connectivity index (χ2v) is 3.35.